The number of halogens is 1. The average molecular weight is 538 g/mol. The number of nitrogens with two attached hydrogens (primary N) is 1. The van der Waals surface area contributed by atoms with Crippen molar-refractivity contribution < 1.29 is 13.2 Å². The molecular formula is C24H20BrN5O3S. The highest BCUT2D eigenvalue weighted by Gasteiger charge is 2.17. The van der Waals surface area contributed by atoms with Crippen molar-refractivity contribution in [2.24, 2.45) is 10.2 Å². The molecule has 0 fully saturated rings. The first kappa shape index (κ1) is 23.6. The molecule has 0 radical (unpaired) electrons. The third kappa shape index (κ3) is 5.48. The van der Waals surface area contributed by atoms with Crippen LogP contribution in [-0.4, -0.2) is 30.3 Å². The normalized spacial score (nSPS) is 11.6. The Balaban J connectivity index is 1.66. The standard InChI is InChI=1S/C24H20BrN5O3S/c1-16-2-6-18(7-3-16)23-14-22(24(31)28-27-15-17-4-8-19(25)9-5-17)29-30(23)20-10-12-21(13-11-20)34(26,32)33/h2-15H,1H3,(H,28,31)(H2,26,32,33)/b27-15+. The molecule has 34 heavy (non-hydrogen) atoms. The summed E-state index contributed by atoms with van der Waals surface area (Å²) in [4.78, 5) is 12.7. The number of amides is 1. The number of carbonyl (C=O) groups is 1. The molecule has 0 saturated heterocycles. The molecule has 0 spiro atoms. The Hall–Kier alpha value is -3.60. The van der Waals surface area contributed by atoms with Crippen LogP contribution in [0.15, 0.2) is 93.3 Å². The summed E-state index contributed by atoms with van der Waals surface area (Å²) >= 11 is 3.37. The van der Waals surface area contributed by atoms with E-state index in [0.29, 0.717) is 11.4 Å². The van der Waals surface area contributed by atoms with Gasteiger partial charge in [-0.3, -0.25) is 4.79 Å². The van der Waals surface area contributed by atoms with Crippen LogP contribution in [0.2, 0.25) is 0 Å². The second-order valence-electron chi connectivity index (χ2n) is 7.48. The predicted octanol–water partition coefficient (Wildman–Crippen LogP) is 4.02. The summed E-state index contributed by atoms with van der Waals surface area (Å²) in [5, 5.41) is 13.7. The van der Waals surface area contributed by atoms with E-state index < -0.39 is 15.9 Å². The molecule has 0 aliphatic heterocycles. The van der Waals surface area contributed by atoms with Crippen molar-refractivity contribution in [3.63, 3.8) is 0 Å². The van der Waals surface area contributed by atoms with Crippen molar-refractivity contribution in [3.8, 4) is 16.9 Å². The number of hydrogen-bond acceptors (Lipinski definition) is 5. The minimum absolute atomic E-state index is 0.0134. The number of nitrogens with zero attached hydrogens (tertiary/aromatic N) is 3. The molecule has 1 aromatic heterocycles. The summed E-state index contributed by atoms with van der Waals surface area (Å²) in [6, 6.07) is 22.8. The molecule has 0 bridgehead atoms. The van der Waals surface area contributed by atoms with Crippen LogP contribution >= 0.6 is 15.9 Å². The Labute approximate surface area is 205 Å². The molecule has 10 heteroatoms. The van der Waals surface area contributed by atoms with Crippen LogP contribution in [-0.2, 0) is 10.0 Å². The molecule has 3 N–H and O–H groups in total. The zero-order valence-corrected chi connectivity index (χ0v) is 20.4. The van der Waals surface area contributed by atoms with Crippen LogP contribution in [0.5, 0.6) is 0 Å². The van der Waals surface area contributed by atoms with Crippen LogP contribution in [0.4, 0.5) is 0 Å². The minimum Gasteiger partial charge on any atom is -0.265 e. The van der Waals surface area contributed by atoms with E-state index in [-0.39, 0.29) is 10.6 Å². The smallest absolute Gasteiger partial charge is 0.265 e. The summed E-state index contributed by atoms with van der Waals surface area (Å²) in [5.74, 6) is -0.485. The Kier molecular flexibility index (Phi) is 6.73. The average Bonchev–Trinajstić information content (AvgIpc) is 3.26. The summed E-state index contributed by atoms with van der Waals surface area (Å²) in [7, 11) is -3.82. The summed E-state index contributed by atoms with van der Waals surface area (Å²) in [6.45, 7) is 1.98. The number of sulfonamides is 1. The zero-order chi connectivity index (χ0) is 24.3. The van der Waals surface area contributed by atoms with Gasteiger partial charge in [-0.05, 0) is 55.0 Å². The molecule has 8 nitrogen and oxygen atoms in total. The van der Waals surface area contributed by atoms with Gasteiger partial charge in [0.15, 0.2) is 5.69 Å². The lowest BCUT2D eigenvalue weighted by Gasteiger charge is -2.08. The van der Waals surface area contributed by atoms with Crippen molar-refractivity contribution in [2.75, 3.05) is 0 Å². The Bertz CT molecular complexity index is 1460. The lowest BCUT2D eigenvalue weighted by molar-refractivity contribution is 0.0949. The van der Waals surface area contributed by atoms with Crippen molar-refractivity contribution in [2.45, 2.75) is 11.8 Å². The lowest BCUT2D eigenvalue weighted by atomic mass is 10.1. The highest BCUT2D eigenvalue weighted by molar-refractivity contribution is 9.10. The van der Waals surface area contributed by atoms with E-state index in [9.17, 15) is 13.2 Å². The number of benzene rings is 3. The van der Waals surface area contributed by atoms with Crippen molar-refractivity contribution in [1.82, 2.24) is 15.2 Å². The molecule has 4 rings (SSSR count). The second-order valence-corrected chi connectivity index (χ2v) is 9.96. The number of aromatic nitrogens is 2. The van der Waals surface area contributed by atoms with Gasteiger partial charge in [-0.15, -0.1) is 0 Å². The largest absolute Gasteiger partial charge is 0.291 e. The van der Waals surface area contributed by atoms with Gasteiger partial charge in [-0.25, -0.2) is 23.7 Å². The maximum Gasteiger partial charge on any atom is 0.291 e. The van der Waals surface area contributed by atoms with Gasteiger partial charge < -0.3 is 0 Å². The Morgan fingerprint density at radius 2 is 1.68 bits per heavy atom. The van der Waals surface area contributed by atoms with Crippen LogP contribution in [0, 0.1) is 6.92 Å². The molecule has 0 saturated carbocycles. The van der Waals surface area contributed by atoms with Gasteiger partial charge >= 0.3 is 0 Å². The van der Waals surface area contributed by atoms with Gasteiger partial charge in [-0.2, -0.15) is 10.2 Å². The van der Waals surface area contributed by atoms with E-state index in [1.807, 2.05) is 55.5 Å². The molecular weight excluding hydrogens is 518 g/mol. The topological polar surface area (TPSA) is 119 Å². The second kappa shape index (κ2) is 9.72. The summed E-state index contributed by atoms with van der Waals surface area (Å²) in [6.07, 6.45) is 1.54. The van der Waals surface area contributed by atoms with E-state index in [2.05, 4.69) is 31.6 Å². The molecule has 1 heterocycles. The fourth-order valence-corrected chi connectivity index (χ4v) is 3.95. The maximum atomic E-state index is 12.8. The quantitative estimate of drug-likeness (QED) is 0.285. The molecule has 1 amide bonds. The first-order chi connectivity index (χ1) is 16.2. The van der Waals surface area contributed by atoms with Gasteiger partial charge in [0.25, 0.3) is 5.91 Å². The molecule has 3 aromatic carbocycles. The number of primary sulfonamides is 1. The van der Waals surface area contributed by atoms with E-state index >= 15 is 0 Å². The lowest BCUT2D eigenvalue weighted by Crippen LogP contribution is -2.18. The van der Waals surface area contributed by atoms with Gasteiger partial charge in [-0.1, -0.05) is 57.9 Å². The molecule has 0 aliphatic carbocycles. The van der Waals surface area contributed by atoms with Crippen LogP contribution in [0.25, 0.3) is 16.9 Å². The van der Waals surface area contributed by atoms with Crippen LogP contribution in [0.1, 0.15) is 21.6 Å². The highest BCUT2D eigenvalue weighted by Crippen LogP contribution is 2.25. The van der Waals surface area contributed by atoms with Crippen LogP contribution in [0.3, 0.4) is 0 Å². The SMILES string of the molecule is Cc1ccc(-c2cc(C(=O)N/N=C/c3ccc(Br)cc3)nn2-c2ccc(S(N)(=O)=O)cc2)cc1. The number of hydrogen-bond donors (Lipinski definition) is 2. The number of nitrogens with one attached hydrogen (secondary N) is 1. The fraction of sp³-hybridized carbons (Fsp3) is 0.0417. The van der Waals surface area contributed by atoms with Gasteiger partial charge in [0, 0.05) is 10.0 Å². The maximum absolute atomic E-state index is 12.8. The molecule has 0 aliphatic rings. The van der Waals surface area contributed by atoms with Gasteiger partial charge in [0.05, 0.1) is 22.5 Å². The summed E-state index contributed by atoms with van der Waals surface area (Å²) < 4.78 is 25.7. The van der Waals surface area contributed by atoms with Crippen molar-refractivity contribution in [3.05, 3.63) is 100 Å². The van der Waals surface area contributed by atoms with Crippen molar-refractivity contribution in [1.29, 1.82) is 0 Å². The molecule has 4 aromatic rings. The summed E-state index contributed by atoms with van der Waals surface area (Å²) in [5.41, 5.74) is 6.62. The number of carbonyl (C=O) groups excluding carboxylic acids is 1. The van der Waals surface area contributed by atoms with Gasteiger partial charge in [0.2, 0.25) is 10.0 Å². The first-order valence-electron chi connectivity index (χ1n) is 10.1. The third-order valence-electron chi connectivity index (χ3n) is 4.95. The molecule has 0 unspecified atom stereocenters. The van der Waals surface area contributed by atoms with E-state index in [1.165, 1.54) is 18.3 Å². The van der Waals surface area contributed by atoms with E-state index in [4.69, 9.17) is 5.14 Å². The van der Waals surface area contributed by atoms with Crippen LogP contribution < -0.4 is 10.6 Å². The molecule has 172 valence electrons. The number of hydrazone groups is 1. The van der Waals surface area contributed by atoms with Crippen molar-refractivity contribution >= 4 is 38.1 Å². The number of rotatable bonds is 6. The minimum atomic E-state index is -3.82. The van der Waals surface area contributed by atoms with E-state index in [0.717, 1.165) is 21.2 Å². The molecule has 0 atom stereocenters. The van der Waals surface area contributed by atoms with Gasteiger partial charge in [0.1, 0.15) is 0 Å². The predicted molar refractivity (Wildman–Crippen MR) is 134 cm³/mol. The highest BCUT2D eigenvalue weighted by atomic mass is 79.9. The van der Waals surface area contributed by atoms with E-state index in [1.54, 1.807) is 22.9 Å². The zero-order valence-electron chi connectivity index (χ0n) is 18.0. The Morgan fingerprint density at radius 3 is 2.29 bits per heavy atom. The monoisotopic (exact) mass is 537 g/mol. The fourth-order valence-electron chi connectivity index (χ4n) is 3.17. The third-order valence-corrected chi connectivity index (χ3v) is 6.41. The number of aryl methyl sites for hydroxylation is 1. The first-order valence-corrected chi connectivity index (χ1v) is 12.4. The Morgan fingerprint density at radius 1 is 1.03 bits per heavy atom.